The number of anilines is 1. The SMILES string of the molecule is CC1(C)CC(CCNc2cncc(Cl)n2)(c2cccc(F)c2)CCO1. The van der Waals surface area contributed by atoms with Crippen molar-refractivity contribution in [2.45, 2.75) is 44.1 Å². The predicted molar refractivity (Wildman–Crippen MR) is 97.5 cm³/mol. The molecule has 0 radical (unpaired) electrons. The van der Waals surface area contributed by atoms with Gasteiger partial charge in [-0.15, -0.1) is 0 Å². The second-order valence-electron chi connectivity index (χ2n) is 7.23. The quantitative estimate of drug-likeness (QED) is 0.843. The van der Waals surface area contributed by atoms with Gasteiger partial charge < -0.3 is 10.1 Å². The second-order valence-corrected chi connectivity index (χ2v) is 7.62. The summed E-state index contributed by atoms with van der Waals surface area (Å²) >= 11 is 5.88. The highest BCUT2D eigenvalue weighted by atomic mass is 35.5. The lowest BCUT2D eigenvalue weighted by Gasteiger charge is -2.45. The van der Waals surface area contributed by atoms with Gasteiger partial charge in [-0.2, -0.15) is 0 Å². The molecule has 0 spiro atoms. The molecule has 1 N–H and O–H groups in total. The van der Waals surface area contributed by atoms with Crippen LogP contribution in [0.15, 0.2) is 36.7 Å². The minimum absolute atomic E-state index is 0.136. The number of hydrogen-bond acceptors (Lipinski definition) is 4. The molecule has 1 atom stereocenters. The molecule has 3 rings (SSSR count). The van der Waals surface area contributed by atoms with Crippen LogP contribution in [0.2, 0.25) is 5.15 Å². The van der Waals surface area contributed by atoms with Crippen molar-refractivity contribution in [1.29, 1.82) is 0 Å². The largest absolute Gasteiger partial charge is 0.376 e. The first-order chi connectivity index (χ1) is 11.9. The topological polar surface area (TPSA) is 47.0 Å². The number of ether oxygens (including phenoxy) is 1. The molecule has 0 amide bonds. The summed E-state index contributed by atoms with van der Waals surface area (Å²) in [6.07, 6.45) is 5.70. The van der Waals surface area contributed by atoms with Crippen molar-refractivity contribution in [3.8, 4) is 0 Å². The molecule has 1 aromatic carbocycles. The van der Waals surface area contributed by atoms with E-state index < -0.39 is 0 Å². The van der Waals surface area contributed by atoms with Gasteiger partial charge in [0.1, 0.15) is 16.8 Å². The molecule has 1 aliphatic rings. The summed E-state index contributed by atoms with van der Waals surface area (Å²) < 4.78 is 19.7. The van der Waals surface area contributed by atoms with Crippen molar-refractivity contribution in [2.24, 2.45) is 0 Å². The Kier molecular flexibility index (Phi) is 5.25. The lowest BCUT2D eigenvalue weighted by molar-refractivity contribution is -0.0835. The Bertz CT molecular complexity index is 740. The van der Waals surface area contributed by atoms with E-state index in [-0.39, 0.29) is 16.8 Å². The molecule has 25 heavy (non-hydrogen) atoms. The third-order valence-corrected chi connectivity index (χ3v) is 4.97. The van der Waals surface area contributed by atoms with Crippen molar-refractivity contribution in [3.05, 3.63) is 53.2 Å². The van der Waals surface area contributed by atoms with Crippen molar-refractivity contribution in [3.63, 3.8) is 0 Å². The third-order valence-electron chi connectivity index (χ3n) is 4.79. The highest BCUT2D eigenvalue weighted by Crippen LogP contribution is 2.44. The van der Waals surface area contributed by atoms with Crippen molar-refractivity contribution in [2.75, 3.05) is 18.5 Å². The zero-order valence-electron chi connectivity index (χ0n) is 14.6. The van der Waals surface area contributed by atoms with Crippen LogP contribution in [0.5, 0.6) is 0 Å². The van der Waals surface area contributed by atoms with E-state index in [1.807, 2.05) is 6.07 Å². The monoisotopic (exact) mass is 363 g/mol. The summed E-state index contributed by atoms with van der Waals surface area (Å²) in [5.41, 5.74) is 0.659. The van der Waals surface area contributed by atoms with E-state index in [0.29, 0.717) is 24.1 Å². The fourth-order valence-corrected chi connectivity index (χ4v) is 3.90. The van der Waals surface area contributed by atoms with Crippen LogP contribution >= 0.6 is 11.6 Å². The highest BCUT2D eigenvalue weighted by molar-refractivity contribution is 6.29. The van der Waals surface area contributed by atoms with Crippen LogP contribution in [-0.2, 0) is 10.2 Å². The minimum Gasteiger partial charge on any atom is -0.376 e. The van der Waals surface area contributed by atoms with Crippen LogP contribution in [0.1, 0.15) is 38.7 Å². The molecule has 0 aliphatic carbocycles. The maximum atomic E-state index is 13.8. The highest BCUT2D eigenvalue weighted by Gasteiger charge is 2.41. The summed E-state index contributed by atoms with van der Waals surface area (Å²) in [5, 5.41) is 3.64. The van der Waals surface area contributed by atoms with Crippen molar-refractivity contribution < 1.29 is 9.13 Å². The Morgan fingerprint density at radius 2 is 2.16 bits per heavy atom. The first kappa shape index (κ1) is 18.1. The van der Waals surface area contributed by atoms with Crippen LogP contribution in [0, 0.1) is 5.82 Å². The van der Waals surface area contributed by atoms with Crippen LogP contribution in [0.4, 0.5) is 10.2 Å². The molecule has 2 aromatic rings. The number of aromatic nitrogens is 2. The van der Waals surface area contributed by atoms with Crippen LogP contribution in [-0.4, -0.2) is 28.7 Å². The number of nitrogens with zero attached hydrogens (tertiary/aromatic N) is 2. The van der Waals surface area contributed by atoms with E-state index >= 15 is 0 Å². The number of halogens is 2. The van der Waals surface area contributed by atoms with Gasteiger partial charge in [0.05, 0.1) is 18.0 Å². The zero-order chi connectivity index (χ0) is 17.9. The average Bonchev–Trinajstić information content (AvgIpc) is 2.54. The van der Waals surface area contributed by atoms with Gasteiger partial charge in [0.15, 0.2) is 0 Å². The smallest absolute Gasteiger partial charge is 0.149 e. The van der Waals surface area contributed by atoms with E-state index in [9.17, 15) is 4.39 Å². The van der Waals surface area contributed by atoms with E-state index in [2.05, 4.69) is 29.1 Å². The van der Waals surface area contributed by atoms with Crippen LogP contribution in [0.25, 0.3) is 0 Å². The van der Waals surface area contributed by atoms with Gasteiger partial charge >= 0.3 is 0 Å². The van der Waals surface area contributed by atoms with Crippen molar-refractivity contribution >= 4 is 17.4 Å². The lowest BCUT2D eigenvalue weighted by Crippen LogP contribution is -2.45. The molecule has 0 saturated carbocycles. The Morgan fingerprint density at radius 3 is 2.88 bits per heavy atom. The van der Waals surface area contributed by atoms with Gasteiger partial charge in [-0.25, -0.2) is 9.37 Å². The Labute approximate surface area is 152 Å². The molecule has 6 heteroatoms. The number of nitrogens with one attached hydrogen (secondary N) is 1. The Morgan fingerprint density at radius 1 is 1.32 bits per heavy atom. The molecule has 1 fully saturated rings. The maximum Gasteiger partial charge on any atom is 0.149 e. The second kappa shape index (κ2) is 7.26. The van der Waals surface area contributed by atoms with E-state index in [1.165, 1.54) is 12.3 Å². The predicted octanol–water partition coefficient (Wildman–Crippen LogP) is 4.60. The standard InChI is InChI=1S/C19H23ClFN3O/c1-18(2)13-19(7-9-25-18,14-4-3-5-15(21)10-14)6-8-23-17-12-22-11-16(20)24-17/h3-5,10-12H,6-9,13H2,1-2H3,(H,23,24). The molecule has 1 saturated heterocycles. The maximum absolute atomic E-state index is 13.8. The van der Waals surface area contributed by atoms with E-state index in [1.54, 1.807) is 18.3 Å². The van der Waals surface area contributed by atoms with Gasteiger partial charge in [-0.05, 0) is 50.8 Å². The van der Waals surface area contributed by atoms with E-state index in [0.717, 1.165) is 24.8 Å². The fraction of sp³-hybridized carbons (Fsp3) is 0.474. The van der Waals surface area contributed by atoms with Crippen LogP contribution in [0.3, 0.4) is 0 Å². The summed E-state index contributed by atoms with van der Waals surface area (Å²) in [4.78, 5) is 8.23. The van der Waals surface area contributed by atoms with Crippen LogP contribution < -0.4 is 5.32 Å². The average molecular weight is 364 g/mol. The molecule has 0 bridgehead atoms. The first-order valence-corrected chi connectivity index (χ1v) is 8.88. The molecule has 1 aromatic heterocycles. The molecular formula is C19H23ClFN3O. The minimum atomic E-state index is -0.236. The van der Waals surface area contributed by atoms with Gasteiger partial charge in [0, 0.05) is 18.6 Å². The van der Waals surface area contributed by atoms with Gasteiger partial charge in [0.2, 0.25) is 0 Å². The van der Waals surface area contributed by atoms with Gasteiger partial charge in [-0.1, -0.05) is 23.7 Å². The zero-order valence-corrected chi connectivity index (χ0v) is 15.3. The van der Waals surface area contributed by atoms with Gasteiger partial charge in [-0.3, -0.25) is 4.98 Å². The lowest BCUT2D eigenvalue weighted by atomic mass is 9.67. The van der Waals surface area contributed by atoms with E-state index in [4.69, 9.17) is 16.3 Å². The number of rotatable bonds is 5. The molecule has 1 aliphatic heterocycles. The molecule has 2 heterocycles. The molecule has 1 unspecified atom stereocenters. The first-order valence-electron chi connectivity index (χ1n) is 8.50. The molecular weight excluding hydrogens is 341 g/mol. The molecule has 4 nitrogen and oxygen atoms in total. The number of benzene rings is 1. The Hall–Kier alpha value is -1.72. The van der Waals surface area contributed by atoms with Gasteiger partial charge in [0.25, 0.3) is 0 Å². The fourth-order valence-electron chi connectivity index (χ4n) is 3.76. The number of hydrogen-bond donors (Lipinski definition) is 1. The summed E-state index contributed by atoms with van der Waals surface area (Å²) in [5.74, 6) is 0.447. The normalized spacial score (nSPS) is 22.6. The van der Waals surface area contributed by atoms with Crippen molar-refractivity contribution in [1.82, 2.24) is 9.97 Å². The Balaban J connectivity index is 1.79. The summed E-state index contributed by atoms with van der Waals surface area (Å²) in [6.45, 7) is 5.55. The molecule has 134 valence electrons. The summed E-state index contributed by atoms with van der Waals surface area (Å²) in [6, 6.07) is 6.94. The summed E-state index contributed by atoms with van der Waals surface area (Å²) in [7, 11) is 0. The third kappa shape index (κ3) is 4.47.